The second kappa shape index (κ2) is 12.2. The maximum atomic E-state index is 12.6. The minimum atomic E-state index is -0.524. The molecule has 2 rings (SSSR count). The van der Waals surface area contributed by atoms with Crippen LogP contribution >= 0.6 is 0 Å². The highest BCUT2D eigenvalue weighted by atomic mass is 16.5. The van der Waals surface area contributed by atoms with Crippen LogP contribution in [0, 0.1) is 0 Å². The molecule has 0 saturated carbocycles. The van der Waals surface area contributed by atoms with Crippen LogP contribution in [-0.2, 0) is 11.3 Å². The molecule has 0 radical (unpaired) electrons. The lowest BCUT2D eigenvalue weighted by Crippen LogP contribution is -2.41. The average Bonchev–Trinajstić information content (AvgIpc) is 2.74. The molecule has 6 nitrogen and oxygen atoms in total. The van der Waals surface area contributed by atoms with E-state index in [1.54, 1.807) is 7.05 Å². The number of ether oxygens (including phenoxy) is 1. The minimum absolute atomic E-state index is 0.127. The Labute approximate surface area is 174 Å². The van der Waals surface area contributed by atoms with Gasteiger partial charge in [-0.15, -0.1) is 0 Å². The number of carbonyl (C=O) groups excluding carboxylic acids is 1. The second-order valence-electron chi connectivity index (χ2n) is 7.07. The summed E-state index contributed by atoms with van der Waals surface area (Å²) >= 11 is 0. The maximum Gasteiger partial charge on any atom is 0.243 e. The molecule has 1 atom stereocenters. The molecule has 0 aromatic heterocycles. The van der Waals surface area contributed by atoms with Crippen LogP contribution in [0.5, 0.6) is 5.75 Å². The zero-order valence-corrected chi connectivity index (χ0v) is 17.8. The highest BCUT2D eigenvalue weighted by molar-refractivity contribution is 5.83. The van der Waals surface area contributed by atoms with Gasteiger partial charge in [0, 0.05) is 20.1 Å². The Morgan fingerprint density at radius 2 is 1.72 bits per heavy atom. The molecule has 0 spiro atoms. The summed E-state index contributed by atoms with van der Waals surface area (Å²) in [4.78, 5) is 15.0. The Kier molecular flexibility index (Phi) is 9.64. The van der Waals surface area contributed by atoms with Crippen molar-refractivity contribution in [3.63, 3.8) is 0 Å². The Hall–Kier alpha value is -2.41. The van der Waals surface area contributed by atoms with Gasteiger partial charge in [0.25, 0.3) is 0 Å². The van der Waals surface area contributed by atoms with Gasteiger partial charge >= 0.3 is 0 Å². The van der Waals surface area contributed by atoms with Gasteiger partial charge in [-0.1, -0.05) is 56.3 Å². The van der Waals surface area contributed by atoms with E-state index in [1.807, 2.05) is 54.6 Å². The molecule has 6 heteroatoms. The first-order valence-corrected chi connectivity index (χ1v) is 10.3. The van der Waals surface area contributed by atoms with Gasteiger partial charge in [-0.05, 0) is 42.8 Å². The fourth-order valence-electron chi connectivity index (χ4n) is 3.21. The first kappa shape index (κ1) is 22.9. The summed E-state index contributed by atoms with van der Waals surface area (Å²) in [6.07, 6.45) is 1.01. The van der Waals surface area contributed by atoms with Crippen LogP contribution in [-0.4, -0.2) is 49.1 Å². The lowest BCUT2D eigenvalue weighted by molar-refractivity contribution is -0.126. The SMILES string of the molecule is CCN(CC)CCCOc1ccc(CNC(=O)C(c2ccccc2)N(C)N)cc1. The summed E-state index contributed by atoms with van der Waals surface area (Å²) < 4.78 is 5.82. The highest BCUT2D eigenvalue weighted by Gasteiger charge is 2.22. The number of hydrogen-bond acceptors (Lipinski definition) is 5. The molecule has 2 aromatic carbocycles. The fourth-order valence-corrected chi connectivity index (χ4v) is 3.21. The molecule has 158 valence electrons. The number of benzene rings is 2. The third-order valence-corrected chi connectivity index (χ3v) is 4.94. The number of rotatable bonds is 12. The van der Waals surface area contributed by atoms with Crippen LogP contribution in [0.1, 0.15) is 37.4 Å². The molecule has 0 bridgehead atoms. The van der Waals surface area contributed by atoms with Gasteiger partial charge in [0.05, 0.1) is 6.61 Å². The number of hydrazine groups is 1. The monoisotopic (exact) mass is 398 g/mol. The van der Waals surface area contributed by atoms with E-state index in [-0.39, 0.29) is 5.91 Å². The molecule has 3 N–H and O–H groups in total. The lowest BCUT2D eigenvalue weighted by atomic mass is 10.1. The summed E-state index contributed by atoms with van der Waals surface area (Å²) in [7, 11) is 1.70. The zero-order chi connectivity index (χ0) is 21.1. The summed E-state index contributed by atoms with van der Waals surface area (Å²) in [5.74, 6) is 6.63. The molecule has 0 aliphatic carbocycles. The lowest BCUT2D eigenvalue weighted by Gasteiger charge is -2.23. The maximum absolute atomic E-state index is 12.6. The molecule has 0 heterocycles. The van der Waals surface area contributed by atoms with Crippen molar-refractivity contribution >= 4 is 5.91 Å². The molecule has 0 saturated heterocycles. The van der Waals surface area contributed by atoms with Crippen LogP contribution in [0.3, 0.4) is 0 Å². The normalized spacial score (nSPS) is 12.2. The molecule has 2 aromatic rings. The molecular formula is C23H34N4O2. The molecule has 29 heavy (non-hydrogen) atoms. The summed E-state index contributed by atoms with van der Waals surface area (Å²) in [5.41, 5.74) is 1.88. The van der Waals surface area contributed by atoms with E-state index in [2.05, 4.69) is 24.1 Å². The van der Waals surface area contributed by atoms with Gasteiger partial charge in [0.15, 0.2) is 0 Å². The number of amides is 1. The summed E-state index contributed by atoms with van der Waals surface area (Å²) in [6.45, 7) is 8.69. The topological polar surface area (TPSA) is 70.8 Å². The predicted molar refractivity (Wildman–Crippen MR) is 117 cm³/mol. The van der Waals surface area contributed by atoms with Crippen molar-refractivity contribution in [1.29, 1.82) is 0 Å². The van der Waals surface area contributed by atoms with Crippen LogP contribution in [0.25, 0.3) is 0 Å². The van der Waals surface area contributed by atoms with E-state index in [1.165, 1.54) is 5.01 Å². The second-order valence-corrected chi connectivity index (χ2v) is 7.07. The van der Waals surface area contributed by atoms with Gasteiger partial charge < -0.3 is 15.0 Å². The molecule has 1 amide bonds. The van der Waals surface area contributed by atoms with Crippen molar-refractivity contribution in [2.24, 2.45) is 5.84 Å². The molecule has 1 unspecified atom stereocenters. The van der Waals surface area contributed by atoms with E-state index in [0.29, 0.717) is 13.2 Å². The Bertz CT molecular complexity index is 715. The molecule has 0 aliphatic heterocycles. The average molecular weight is 399 g/mol. The molecular weight excluding hydrogens is 364 g/mol. The minimum Gasteiger partial charge on any atom is -0.494 e. The van der Waals surface area contributed by atoms with E-state index in [4.69, 9.17) is 10.6 Å². The number of likely N-dealkylation sites (N-methyl/N-ethyl adjacent to an activating group) is 1. The van der Waals surface area contributed by atoms with Gasteiger partial charge in [-0.2, -0.15) is 0 Å². The quantitative estimate of drug-likeness (QED) is 0.327. The molecule has 0 fully saturated rings. The summed E-state index contributed by atoms with van der Waals surface area (Å²) in [6, 6.07) is 16.9. The smallest absolute Gasteiger partial charge is 0.243 e. The zero-order valence-electron chi connectivity index (χ0n) is 17.8. The summed E-state index contributed by atoms with van der Waals surface area (Å²) in [5, 5.41) is 4.40. The van der Waals surface area contributed by atoms with Crippen LogP contribution in [0.4, 0.5) is 0 Å². The largest absolute Gasteiger partial charge is 0.494 e. The van der Waals surface area contributed by atoms with Gasteiger partial charge in [-0.3, -0.25) is 10.6 Å². The van der Waals surface area contributed by atoms with Crippen molar-refractivity contribution in [2.75, 3.05) is 33.3 Å². The van der Waals surface area contributed by atoms with Crippen molar-refractivity contribution in [2.45, 2.75) is 32.9 Å². The van der Waals surface area contributed by atoms with Gasteiger partial charge in [0.1, 0.15) is 11.8 Å². The van der Waals surface area contributed by atoms with E-state index in [9.17, 15) is 4.79 Å². The Balaban J connectivity index is 1.81. The van der Waals surface area contributed by atoms with E-state index >= 15 is 0 Å². The number of nitrogens with one attached hydrogen (secondary N) is 1. The van der Waals surface area contributed by atoms with Crippen molar-refractivity contribution in [3.8, 4) is 5.75 Å². The van der Waals surface area contributed by atoms with Crippen LogP contribution in [0.15, 0.2) is 54.6 Å². The van der Waals surface area contributed by atoms with Crippen molar-refractivity contribution in [3.05, 3.63) is 65.7 Å². The third kappa shape index (κ3) is 7.49. The van der Waals surface area contributed by atoms with Gasteiger partial charge in [-0.25, -0.2) is 5.01 Å². The number of carbonyl (C=O) groups is 1. The molecule has 0 aliphatic rings. The van der Waals surface area contributed by atoms with E-state index in [0.717, 1.165) is 42.9 Å². The van der Waals surface area contributed by atoms with E-state index < -0.39 is 6.04 Å². The number of hydrogen-bond donors (Lipinski definition) is 2. The number of nitrogens with zero attached hydrogens (tertiary/aromatic N) is 2. The number of nitrogens with two attached hydrogens (primary N) is 1. The van der Waals surface area contributed by atoms with Gasteiger partial charge in [0.2, 0.25) is 5.91 Å². The Morgan fingerprint density at radius 1 is 1.07 bits per heavy atom. The van der Waals surface area contributed by atoms with Crippen molar-refractivity contribution < 1.29 is 9.53 Å². The standard InChI is InChI=1S/C23H34N4O2/c1-4-27(5-2)16-9-17-29-21-14-12-19(13-15-21)18-25-23(28)22(26(3)24)20-10-7-6-8-11-20/h6-8,10-15,22H,4-5,9,16-18,24H2,1-3H3,(H,25,28). The van der Waals surface area contributed by atoms with Crippen LogP contribution in [0.2, 0.25) is 0 Å². The highest BCUT2D eigenvalue weighted by Crippen LogP contribution is 2.17. The predicted octanol–water partition coefficient (Wildman–Crippen LogP) is 2.96. The first-order valence-electron chi connectivity index (χ1n) is 10.3. The Morgan fingerprint density at radius 3 is 2.31 bits per heavy atom. The third-order valence-electron chi connectivity index (χ3n) is 4.94. The van der Waals surface area contributed by atoms with Crippen LogP contribution < -0.4 is 15.9 Å². The fraction of sp³-hybridized carbons (Fsp3) is 0.435. The van der Waals surface area contributed by atoms with Crippen molar-refractivity contribution in [1.82, 2.24) is 15.2 Å². The first-order chi connectivity index (χ1) is 14.0.